The van der Waals surface area contributed by atoms with Crippen molar-refractivity contribution >= 4 is 40.3 Å². The van der Waals surface area contributed by atoms with E-state index < -0.39 is 0 Å². The minimum Gasteiger partial charge on any atom is -0.285 e. The first kappa shape index (κ1) is 8.95. The predicted molar refractivity (Wildman–Crippen MR) is 41.9 cm³/mol. The van der Waals surface area contributed by atoms with E-state index in [0.29, 0.717) is 0 Å². The molecule has 1 heterocycles. The molecule has 0 saturated heterocycles. The number of carbonyl (C=O) groups excluding carboxylic acids is 1. The standard InChI is InChI=1S/C4H3ClS.CHClO/c5-4-1-2-6-3-4;2-1-3/h1-3H;1H. The monoisotopic (exact) mass is 182 g/mol. The largest absolute Gasteiger partial charge is 0.285 e. The number of halogens is 2. The highest BCUT2D eigenvalue weighted by Crippen LogP contribution is 2.10. The summed E-state index contributed by atoms with van der Waals surface area (Å²) in [6.07, 6.45) is 0. The highest BCUT2D eigenvalue weighted by molar-refractivity contribution is 7.08. The zero-order valence-electron chi connectivity index (χ0n) is 4.38. The van der Waals surface area contributed by atoms with Gasteiger partial charge in [-0.15, -0.1) is 0 Å². The zero-order valence-corrected chi connectivity index (χ0v) is 6.71. The average molecular weight is 183 g/mol. The van der Waals surface area contributed by atoms with Crippen LogP contribution in [0.2, 0.25) is 5.02 Å². The Bertz CT molecular complexity index is 150. The molecule has 0 aliphatic heterocycles. The molecule has 0 amide bonds. The van der Waals surface area contributed by atoms with E-state index >= 15 is 0 Å². The fraction of sp³-hybridized carbons (Fsp3) is 0. The molecule has 1 nitrogen and oxygen atoms in total. The number of thiophene rings is 1. The van der Waals surface area contributed by atoms with Gasteiger partial charge in [-0.05, 0) is 23.0 Å². The fourth-order valence-corrected chi connectivity index (χ4v) is 1.05. The molecule has 0 N–H and O–H groups in total. The van der Waals surface area contributed by atoms with Gasteiger partial charge in [0.2, 0.25) is 5.75 Å². The van der Waals surface area contributed by atoms with Crippen LogP contribution >= 0.6 is 34.5 Å². The third-order valence-corrected chi connectivity index (χ3v) is 1.53. The van der Waals surface area contributed by atoms with Crippen LogP contribution in [0, 0.1) is 0 Å². The minimum atomic E-state index is 0.222. The Morgan fingerprint density at radius 3 is 2.33 bits per heavy atom. The highest BCUT2D eigenvalue weighted by atomic mass is 35.5. The summed E-state index contributed by atoms with van der Waals surface area (Å²) >= 11 is 11.4. The first-order valence-electron chi connectivity index (χ1n) is 2.02. The van der Waals surface area contributed by atoms with Crippen molar-refractivity contribution in [2.45, 2.75) is 0 Å². The molecule has 50 valence electrons. The molecule has 1 aromatic heterocycles. The Labute approximate surface area is 67.2 Å². The lowest BCUT2D eigenvalue weighted by Gasteiger charge is -1.61. The second kappa shape index (κ2) is 6.08. The Balaban J connectivity index is 0.000000187. The van der Waals surface area contributed by atoms with Crippen molar-refractivity contribution in [1.29, 1.82) is 0 Å². The van der Waals surface area contributed by atoms with Crippen LogP contribution in [0.4, 0.5) is 0 Å². The minimum absolute atomic E-state index is 0.222. The van der Waals surface area contributed by atoms with Gasteiger partial charge in [0.25, 0.3) is 0 Å². The molecule has 0 radical (unpaired) electrons. The molecular weight excluding hydrogens is 179 g/mol. The molecule has 4 heteroatoms. The van der Waals surface area contributed by atoms with Crippen molar-refractivity contribution in [3.63, 3.8) is 0 Å². The van der Waals surface area contributed by atoms with Crippen molar-refractivity contribution in [3.8, 4) is 0 Å². The van der Waals surface area contributed by atoms with E-state index in [-0.39, 0.29) is 5.75 Å². The van der Waals surface area contributed by atoms with Gasteiger partial charge >= 0.3 is 0 Å². The predicted octanol–water partition coefficient (Wildman–Crippen LogP) is 2.82. The Morgan fingerprint density at radius 2 is 2.22 bits per heavy atom. The second-order valence-corrected chi connectivity index (χ2v) is 2.43. The number of carbonyl (C=O) groups is 1. The lowest BCUT2D eigenvalue weighted by Crippen LogP contribution is -1.34. The van der Waals surface area contributed by atoms with E-state index in [2.05, 4.69) is 11.6 Å². The van der Waals surface area contributed by atoms with Gasteiger partial charge in [-0.1, -0.05) is 11.6 Å². The van der Waals surface area contributed by atoms with Gasteiger partial charge in [0, 0.05) is 5.38 Å². The Kier molecular flexibility index (Phi) is 6.04. The molecule has 0 spiro atoms. The molecule has 0 saturated carbocycles. The number of rotatable bonds is 0. The summed E-state index contributed by atoms with van der Waals surface area (Å²) in [6.45, 7) is 0. The van der Waals surface area contributed by atoms with E-state index in [1.54, 1.807) is 11.3 Å². The molecule has 0 bridgehead atoms. The van der Waals surface area contributed by atoms with Gasteiger partial charge in [0.05, 0.1) is 5.02 Å². The summed E-state index contributed by atoms with van der Waals surface area (Å²) in [6, 6.07) is 1.87. The van der Waals surface area contributed by atoms with Gasteiger partial charge in [0.15, 0.2) is 0 Å². The Morgan fingerprint density at radius 1 is 1.67 bits per heavy atom. The molecule has 9 heavy (non-hydrogen) atoms. The third kappa shape index (κ3) is 5.83. The maximum Gasteiger partial charge on any atom is 0.208 e. The van der Waals surface area contributed by atoms with Crippen LogP contribution in [-0.4, -0.2) is 5.75 Å². The van der Waals surface area contributed by atoms with Crippen LogP contribution < -0.4 is 0 Å². The number of hydrogen-bond donors (Lipinski definition) is 0. The topological polar surface area (TPSA) is 17.1 Å². The maximum absolute atomic E-state index is 8.57. The third-order valence-electron chi connectivity index (χ3n) is 0.486. The van der Waals surface area contributed by atoms with E-state index in [1.807, 2.05) is 16.8 Å². The quantitative estimate of drug-likeness (QED) is 0.446. The van der Waals surface area contributed by atoms with E-state index in [1.165, 1.54) is 0 Å². The van der Waals surface area contributed by atoms with Gasteiger partial charge in [-0.3, -0.25) is 4.79 Å². The van der Waals surface area contributed by atoms with Crippen molar-refractivity contribution < 1.29 is 4.79 Å². The number of hydrogen-bond acceptors (Lipinski definition) is 2. The van der Waals surface area contributed by atoms with Crippen LogP contribution in [0.5, 0.6) is 0 Å². The van der Waals surface area contributed by atoms with E-state index in [4.69, 9.17) is 16.4 Å². The average Bonchev–Trinajstić information content (AvgIpc) is 2.20. The Hall–Kier alpha value is -0.0500. The van der Waals surface area contributed by atoms with Crippen molar-refractivity contribution in [1.82, 2.24) is 0 Å². The van der Waals surface area contributed by atoms with Crippen molar-refractivity contribution in [2.24, 2.45) is 0 Å². The van der Waals surface area contributed by atoms with E-state index in [0.717, 1.165) is 5.02 Å². The molecule has 0 unspecified atom stereocenters. The normalized spacial score (nSPS) is 7.33. The van der Waals surface area contributed by atoms with Crippen molar-refractivity contribution in [2.75, 3.05) is 0 Å². The first-order chi connectivity index (χ1) is 4.31. The van der Waals surface area contributed by atoms with Crippen molar-refractivity contribution in [3.05, 3.63) is 21.8 Å². The van der Waals surface area contributed by atoms with Gasteiger partial charge in [-0.25, -0.2) is 0 Å². The fourth-order valence-electron chi connectivity index (χ4n) is 0.248. The summed E-state index contributed by atoms with van der Waals surface area (Å²) in [5, 5.41) is 4.67. The van der Waals surface area contributed by atoms with Crippen LogP contribution in [0.25, 0.3) is 0 Å². The maximum atomic E-state index is 8.57. The SMILES string of the molecule is Clc1ccsc1.O=CCl. The lowest BCUT2D eigenvalue weighted by molar-refractivity contribution is 0.569. The van der Waals surface area contributed by atoms with Crippen LogP contribution in [0.3, 0.4) is 0 Å². The molecule has 1 rings (SSSR count). The summed E-state index contributed by atoms with van der Waals surface area (Å²) in [7, 11) is 0. The molecule has 0 atom stereocenters. The lowest BCUT2D eigenvalue weighted by atomic mass is 10.7. The zero-order chi connectivity index (χ0) is 7.11. The molecule has 1 aromatic rings. The summed E-state index contributed by atoms with van der Waals surface area (Å²) in [5.41, 5.74) is 0. The second-order valence-electron chi connectivity index (χ2n) is 1.03. The highest BCUT2D eigenvalue weighted by Gasteiger charge is 1.77. The molecular formula is C5H4Cl2OS. The summed E-state index contributed by atoms with van der Waals surface area (Å²) in [4.78, 5) is 8.57. The van der Waals surface area contributed by atoms with Crippen LogP contribution in [0.1, 0.15) is 0 Å². The van der Waals surface area contributed by atoms with Gasteiger partial charge < -0.3 is 0 Å². The van der Waals surface area contributed by atoms with E-state index in [9.17, 15) is 0 Å². The van der Waals surface area contributed by atoms with Crippen LogP contribution in [-0.2, 0) is 4.79 Å². The molecule has 0 aliphatic carbocycles. The van der Waals surface area contributed by atoms with Crippen LogP contribution in [0.15, 0.2) is 16.8 Å². The van der Waals surface area contributed by atoms with Gasteiger partial charge in [-0.2, -0.15) is 11.3 Å². The molecule has 0 fully saturated rings. The van der Waals surface area contributed by atoms with Gasteiger partial charge in [0.1, 0.15) is 0 Å². The smallest absolute Gasteiger partial charge is 0.208 e. The molecule has 0 aliphatic rings. The summed E-state index contributed by atoms with van der Waals surface area (Å²) < 4.78 is 0. The first-order valence-corrected chi connectivity index (χ1v) is 3.78. The summed E-state index contributed by atoms with van der Waals surface area (Å²) in [5.74, 6) is 0.222. The molecule has 0 aromatic carbocycles.